The van der Waals surface area contributed by atoms with Gasteiger partial charge in [0.1, 0.15) is 0 Å². The van der Waals surface area contributed by atoms with Gasteiger partial charge in [-0.3, -0.25) is 4.79 Å². The third-order valence-corrected chi connectivity index (χ3v) is 2.07. The highest BCUT2D eigenvalue weighted by atomic mass is 16.4. The molecule has 1 N–H and O–H groups in total. The van der Waals surface area contributed by atoms with Crippen LogP contribution in [0.1, 0.15) is 25.2 Å². The summed E-state index contributed by atoms with van der Waals surface area (Å²) in [7, 11) is 1.90. The molecule has 1 rings (SSSR count). The van der Waals surface area contributed by atoms with Crippen LogP contribution in [0.15, 0.2) is 6.33 Å². The van der Waals surface area contributed by atoms with E-state index in [1.807, 2.05) is 11.6 Å². The third-order valence-electron chi connectivity index (χ3n) is 2.07. The summed E-state index contributed by atoms with van der Waals surface area (Å²) < 4.78 is 1.90. The first kappa shape index (κ1) is 10.8. The van der Waals surface area contributed by atoms with Crippen LogP contribution in [0, 0.1) is 5.92 Å². The van der Waals surface area contributed by atoms with Crippen LogP contribution in [0.4, 0.5) is 0 Å². The number of nitrogens with zero attached hydrogens (tertiary/aromatic N) is 2. The Kier molecular flexibility index (Phi) is 3.28. The first-order valence-corrected chi connectivity index (χ1v) is 4.71. The SMILES string of the molecule is CC(C)Cc1c(CC(=O)O)ncn1C. The minimum atomic E-state index is -0.825. The summed E-state index contributed by atoms with van der Waals surface area (Å²) in [6.07, 6.45) is 2.57. The number of imidazole rings is 1. The van der Waals surface area contributed by atoms with Crippen LogP contribution in [0.5, 0.6) is 0 Å². The molecule has 0 aliphatic carbocycles. The fourth-order valence-corrected chi connectivity index (χ4v) is 1.44. The molecular weight excluding hydrogens is 180 g/mol. The van der Waals surface area contributed by atoms with Gasteiger partial charge in [0.15, 0.2) is 0 Å². The summed E-state index contributed by atoms with van der Waals surface area (Å²) in [4.78, 5) is 14.7. The molecule has 4 heteroatoms. The van der Waals surface area contributed by atoms with Crippen molar-refractivity contribution in [1.82, 2.24) is 9.55 Å². The molecule has 78 valence electrons. The minimum absolute atomic E-state index is 0.0168. The Balaban J connectivity index is 2.88. The van der Waals surface area contributed by atoms with Crippen LogP contribution in [0.3, 0.4) is 0 Å². The molecule has 0 aromatic carbocycles. The smallest absolute Gasteiger partial charge is 0.309 e. The normalized spacial score (nSPS) is 10.9. The molecule has 0 saturated carbocycles. The number of carbonyl (C=O) groups is 1. The molecule has 4 nitrogen and oxygen atoms in total. The standard InChI is InChI=1S/C10H16N2O2/c1-7(2)4-9-8(5-10(13)14)11-6-12(9)3/h6-7H,4-5H2,1-3H3,(H,13,14). The van der Waals surface area contributed by atoms with E-state index in [4.69, 9.17) is 5.11 Å². The van der Waals surface area contributed by atoms with E-state index < -0.39 is 5.97 Å². The zero-order valence-electron chi connectivity index (χ0n) is 8.82. The van der Waals surface area contributed by atoms with Crippen molar-refractivity contribution in [3.05, 3.63) is 17.7 Å². The highest BCUT2D eigenvalue weighted by molar-refractivity contribution is 5.69. The zero-order valence-corrected chi connectivity index (χ0v) is 8.82. The summed E-state index contributed by atoms with van der Waals surface area (Å²) in [5.74, 6) is -0.313. The Hall–Kier alpha value is -1.32. The minimum Gasteiger partial charge on any atom is -0.481 e. The number of hydrogen-bond acceptors (Lipinski definition) is 2. The van der Waals surface area contributed by atoms with Crippen molar-refractivity contribution >= 4 is 5.97 Å². The number of aliphatic carboxylic acids is 1. The summed E-state index contributed by atoms with van der Waals surface area (Å²) in [5, 5.41) is 8.69. The molecule has 0 saturated heterocycles. The summed E-state index contributed by atoms with van der Waals surface area (Å²) in [6.45, 7) is 4.22. The second kappa shape index (κ2) is 4.26. The number of rotatable bonds is 4. The molecule has 0 unspecified atom stereocenters. The van der Waals surface area contributed by atoms with Crippen LogP contribution < -0.4 is 0 Å². The maximum Gasteiger partial charge on any atom is 0.309 e. The van der Waals surface area contributed by atoms with Crippen molar-refractivity contribution in [1.29, 1.82) is 0 Å². The largest absolute Gasteiger partial charge is 0.481 e. The van der Waals surface area contributed by atoms with E-state index >= 15 is 0 Å². The van der Waals surface area contributed by atoms with Crippen molar-refractivity contribution < 1.29 is 9.90 Å². The van der Waals surface area contributed by atoms with E-state index in [0.29, 0.717) is 11.6 Å². The highest BCUT2D eigenvalue weighted by Gasteiger charge is 2.12. The highest BCUT2D eigenvalue weighted by Crippen LogP contribution is 2.12. The molecule has 0 aliphatic heterocycles. The quantitative estimate of drug-likeness (QED) is 0.788. The van der Waals surface area contributed by atoms with E-state index in [0.717, 1.165) is 12.1 Å². The van der Waals surface area contributed by atoms with Gasteiger partial charge in [0.05, 0.1) is 18.4 Å². The second-order valence-corrected chi connectivity index (χ2v) is 3.92. The number of aromatic nitrogens is 2. The summed E-state index contributed by atoms with van der Waals surface area (Å²) in [6, 6.07) is 0. The monoisotopic (exact) mass is 196 g/mol. The first-order valence-electron chi connectivity index (χ1n) is 4.71. The number of hydrogen-bond donors (Lipinski definition) is 1. The molecule has 0 aliphatic rings. The third kappa shape index (κ3) is 2.58. The van der Waals surface area contributed by atoms with Crippen molar-refractivity contribution in [3.63, 3.8) is 0 Å². The predicted molar refractivity (Wildman–Crippen MR) is 53.1 cm³/mol. The summed E-state index contributed by atoms with van der Waals surface area (Å²) >= 11 is 0. The Labute approximate surface area is 83.6 Å². The van der Waals surface area contributed by atoms with Gasteiger partial charge in [-0.05, 0) is 12.3 Å². The van der Waals surface area contributed by atoms with Gasteiger partial charge in [-0.15, -0.1) is 0 Å². The lowest BCUT2D eigenvalue weighted by atomic mass is 10.1. The van der Waals surface area contributed by atoms with Crippen molar-refractivity contribution in [2.75, 3.05) is 0 Å². The van der Waals surface area contributed by atoms with Gasteiger partial charge in [0.2, 0.25) is 0 Å². The van der Waals surface area contributed by atoms with Crippen LogP contribution in [-0.2, 0) is 24.7 Å². The van der Waals surface area contributed by atoms with Crippen LogP contribution in [-0.4, -0.2) is 20.6 Å². The molecule has 1 aromatic heterocycles. The van der Waals surface area contributed by atoms with E-state index in [9.17, 15) is 4.79 Å². The zero-order chi connectivity index (χ0) is 10.7. The van der Waals surface area contributed by atoms with Crippen LogP contribution >= 0.6 is 0 Å². The van der Waals surface area contributed by atoms with Crippen molar-refractivity contribution in [2.45, 2.75) is 26.7 Å². The van der Waals surface area contributed by atoms with Gasteiger partial charge in [-0.1, -0.05) is 13.8 Å². The maximum atomic E-state index is 10.6. The van der Waals surface area contributed by atoms with E-state index in [1.165, 1.54) is 0 Å². The molecule has 1 aromatic rings. The van der Waals surface area contributed by atoms with Gasteiger partial charge >= 0.3 is 5.97 Å². The molecule has 0 atom stereocenters. The lowest BCUT2D eigenvalue weighted by Crippen LogP contribution is -2.08. The van der Waals surface area contributed by atoms with E-state index in [-0.39, 0.29) is 6.42 Å². The average Bonchev–Trinajstić information content (AvgIpc) is 2.34. The Bertz CT molecular complexity index is 329. The average molecular weight is 196 g/mol. The Morgan fingerprint density at radius 2 is 2.29 bits per heavy atom. The number of carboxylic acid groups (broad SMARTS) is 1. The number of carboxylic acids is 1. The molecule has 1 heterocycles. The Morgan fingerprint density at radius 1 is 1.64 bits per heavy atom. The molecule has 0 radical (unpaired) electrons. The molecule has 0 spiro atoms. The lowest BCUT2D eigenvalue weighted by molar-refractivity contribution is -0.136. The maximum absolute atomic E-state index is 10.6. The van der Waals surface area contributed by atoms with Gasteiger partial charge in [-0.25, -0.2) is 4.98 Å². The lowest BCUT2D eigenvalue weighted by Gasteiger charge is -2.07. The molecule has 0 bridgehead atoms. The van der Waals surface area contributed by atoms with E-state index in [1.54, 1.807) is 6.33 Å². The van der Waals surface area contributed by atoms with Gasteiger partial charge in [0.25, 0.3) is 0 Å². The van der Waals surface area contributed by atoms with Gasteiger partial charge in [-0.2, -0.15) is 0 Å². The Morgan fingerprint density at radius 3 is 2.79 bits per heavy atom. The van der Waals surface area contributed by atoms with Gasteiger partial charge in [0, 0.05) is 12.7 Å². The number of aryl methyl sites for hydroxylation is 1. The van der Waals surface area contributed by atoms with E-state index in [2.05, 4.69) is 18.8 Å². The second-order valence-electron chi connectivity index (χ2n) is 3.92. The molecule has 0 amide bonds. The predicted octanol–water partition coefficient (Wildman–Crippen LogP) is 1.25. The van der Waals surface area contributed by atoms with Gasteiger partial charge < -0.3 is 9.67 Å². The fraction of sp³-hybridized carbons (Fsp3) is 0.600. The van der Waals surface area contributed by atoms with Crippen LogP contribution in [0.2, 0.25) is 0 Å². The molecule has 0 fully saturated rings. The van der Waals surface area contributed by atoms with Crippen molar-refractivity contribution in [3.8, 4) is 0 Å². The topological polar surface area (TPSA) is 55.1 Å². The molecular formula is C10H16N2O2. The fourth-order valence-electron chi connectivity index (χ4n) is 1.44. The van der Waals surface area contributed by atoms with Crippen molar-refractivity contribution in [2.24, 2.45) is 13.0 Å². The van der Waals surface area contributed by atoms with Crippen LogP contribution in [0.25, 0.3) is 0 Å². The molecule has 14 heavy (non-hydrogen) atoms. The first-order chi connectivity index (χ1) is 6.50. The summed E-state index contributed by atoms with van der Waals surface area (Å²) in [5.41, 5.74) is 1.72.